The summed E-state index contributed by atoms with van der Waals surface area (Å²) in [4.78, 5) is 0. The highest BCUT2D eigenvalue weighted by atomic mass is 15.3. The minimum absolute atomic E-state index is 0.884. The van der Waals surface area contributed by atoms with Crippen LogP contribution in [0.5, 0.6) is 0 Å². The summed E-state index contributed by atoms with van der Waals surface area (Å²) in [6, 6.07) is 0. The van der Waals surface area contributed by atoms with Crippen LogP contribution in [0.2, 0.25) is 0 Å². The SMILES string of the molecule is CCC.CCC(C)C.c1cn[nH]n1. The van der Waals surface area contributed by atoms with E-state index >= 15 is 0 Å². The standard InChI is InChI=1S/C5H12.C3H8.C2H3N3/c1-4-5(2)3;1-3-2;1-2-4-5-3-1/h5H,4H2,1-3H3;3H2,1-2H3;1-2H,(H,3,4,5). The van der Waals surface area contributed by atoms with Gasteiger partial charge >= 0.3 is 0 Å². The summed E-state index contributed by atoms with van der Waals surface area (Å²) in [6.45, 7) is 10.9. The van der Waals surface area contributed by atoms with Gasteiger partial charge in [0.1, 0.15) is 0 Å². The Balaban J connectivity index is 0. The van der Waals surface area contributed by atoms with Gasteiger partial charge < -0.3 is 0 Å². The Labute approximate surface area is 81.9 Å². The fourth-order valence-corrected chi connectivity index (χ4v) is 0.167. The second-order valence-corrected chi connectivity index (χ2v) is 3.17. The normalized spacial score (nSPS) is 8.15. The van der Waals surface area contributed by atoms with Gasteiger partial charge in [-0.05, 0) is 5.92 Å². The summed E-state index contributed by atoms with van der Waals surface area (Å²) >= 11 is 0. The fourth-order valence-electron chi connectivity index (χ4n) is 0.167. The van der Waals surface area contributed by atoms with Crippen LogP contribution in [-0.2, 0) is 0 Å². The first-order chi connectivity index (χ1) is 6.18. The van der Waals surface area contributed by atoms with E-state index in [1.165, 1.54) is 12.8 Å². The van der Waals surface area contributed by atoms with Crippen LogP contribution in [0.15, 0.2) is 12.4 Å². The Morgan fingerprint density at radius 1 is 1.08 bits per heavy atom. The molecular weight excluding hydrogens is 162 g/mol. The Kier molecular flexibility index (Phi) is 15.5. The van der Waals surface area contributed by atoms with Crippen LogP contribution in [0.4, 0.5) is 0 Å². The van der Waals surface area contributed by atoms with E-state index in [9.17, 15) is 0 Å². The minimum atomic E-state index is 0.884. The summed E-state index contributed by atoms with van der Waals surface area (Å²) in [6.07, 6.45) is 5.72. The number of H-pyrrole nitrogens is 1. The first kappa shape index (κ1) is 14.7. The number of nitrogens with one attached hydrogen (secondary N) is 1. The van der Waals surface area contributed by atoms with Gasteiger partial charge in [0.15, 0.2) is 0 Å². The van der Waals surface area contributed by atoms with Gasteiger partial charge in [0.05, 0.1) is 12.4 Å². The molecule has 0 saturated heterocycles. The van der Waals surface area contributed by atoms with Gasteiger partial charge in [0.25, 0.3) is 0 Å². The van der Waals surface area contributed by atoms with E-state index in [2.05, 4.69) is 50.0 Å². The Morgan fingerprint density at radius 2 is 1.38 bits per heavy atom. The van der Waals surface area contributed by atoms with Crippen LogP contribution < -0.4 is 0 Å². The Morgan fingerprint density at radius 3 is 1.46 bits per heavy atom. The maximum Gasteiger partial charge on any atom is 0.0690 e. The van der Waals surface area contributed by atoms with E-state index in [4.69, 9.17) is 0 Å². The largest absolute Gasteiger partial charge is 0.198 e. The van der Waals surface area contributed by atoms with Crippen molar-refractivity contribution >= 4 is 0 Å². The first-order valence-corrected chi connectivity index (χ1v) is 4.98. The number of hydrogen-bond donors (Lipinski definition) is 1. The molecule has 0 bridgehead atoms. The zero-order valence-electron chi connectivity index (χ0n) is 9.54. The zero-order chi connectivity index (χ0) is 10.5. The van der Waals surface area contributed by atoms with E-state index in [0.29, 0.717) is 0 Å². The van der Waals surface area contributed by atoms with Crippen LogP contribution >= 0.6 is 0 Å². The highest BCUT2D eigenvalue weighted by molar-refractivity contribution is 4.54. The van der Waals surface area contributed by atoms with E-state index < -0.39 is 0 Å². The maximum absolute atomic E-state index is 3.49. The van der Waals surface area contributed by atoms with Crippen molar-refractivity contribution in [2.75, 3.05) is 0 Å². The third kappa shape index (κ3) is 24.7. The van der Waals surface area contributed by atoms with Crippen molar-refractivity contribution in [1.82, 2.24) is 15.4 Å². The van der Waals surface area contributed by atoms with Crippen LogP contribution in [0.1, 0.15) is 47.5 Å². The molecule has 1 N–H and O–H groups in total. The topological polar surface area (TPSA) is 41.6 Å². The number of rotatable bonds is 1. The second kappa shape index (κ2) is 13.7. The van der Waals surface area contributed by atoms with E-state index in [1.54, 1.807) is 12.4 Å². The van der Waals surface area contributed by atoms with Crippen LogP contribution in [0, 0.1) is 5.92 Å². The van der Waals surface area contributed by atoms with Crippen molar-refractivity contribution < 1.29 is 0 Å². The quantitative estimate of drug-likeness (QED) is 0.729. The number of hydrogen-bond acceptors (Lipinski definition) is 2. The van der Waals surface area contributed by atoms with Crippen molar-refractivity contribution in [3.63, 3.8) is 0 Å². The summed E-state index contributed by atoms with van der Waals surface area (Å²) in [7, 11) is 0. The molecule has 3 heteroatoms. The minimum Gasteiger partial charge on any atom is -0.198 e. The highest BCUT2D eigenvalue weighted by Gasteiger charge is 1.80. The molecule has 0 aliphatic carbocycles. The predicted molar refractivity (Wildman–Crippen MR) is 57.5 cm³/mol. The molecule has 1 rings (SSSR count). The van der Waals surface area contributed by atoms with Gasteiger partial charge in [-0.3, -0.25) is 0 Å². The molecule has 0 unspecified atom stereocenters. The molecule has 78 valence electrons. The molecule has 0 spiro atoms. The molecule has 3 nitrogen and oxygen atoms in total. The number of aromatic nitrogens is 3. The Bertz CT molecular complexity index is 119. The van der Waals surface area contributed by atoms with Crippen molar-refractivity contribution in [2.24, 2.45) is 5.92 Å². The molecule has 13 heavy (non-hydrogen) atoms. The summed E-state index contributed by atoms with van der Waals surface area (Å²) in [5, 5.41) is 9.33. The second-order valence-electron chi connectivity index (χ2n) is 3.17. The molecule has 0 aliphatic heterocycles. The number of aromatic amines is 1. The van der Waals surface area contributed by atoms with Gasteiger partial charge in [-0.25, -0.2) is 0 Å². The van der Waals surface area contributed by atoms with Gasteiger partial charge in [0, 0.05) is 0 Å². The summed E-state index contributed by atoms with van der Waals surface area (Å²) < 4.78 is 0. The first-order valence-electron chi connectivity index (χ1n) is 4.98. The zero-order valence-corrected chi connectivity index (χ0v) is 9.54. The number of nitrogens with zero attached hydrogens (tertiary/aromatic N) is 2. The van der Waals surface area contributed by atoms with Gasteiger partial charge in [-0.15, -0.1) is 0 Å². The van der Waals surface area contributed by atoms with Crippen molar-refractivity contribution in [2.45, 2.75) is 47.5 Å². The lowest BCUT2D eigenvalue weighted by Gasteiger charge is -1.90. The van der Waals surface area contributed by atoms with Crippen molar-refractivity contribution in [3.05, 3.63) is 12.4 Å². The van der Waals surface area contributed by atoms with Gasteiger partial charge in [-0.1, -0.05) is 47.5 Å². The van der Waals surface area contributed by atoms with Crippen molar-refractivity contribution in [1.29, 1.82) is 0 Å². The highest BCUT2D eigenvalue weighted by Crippen LogP contribution is 1.93. The van der Waals surface area contributed by atoms with Crippen LogP contribution in [0.3, 0.4) is 0 Å². The predicted octanol–water partition coefficient (Wildman–Crippen LogP) is 3.27. The monoisotopic (exact) mass is 185 g/mol. The van der Waals surface area contributed by atoms with Gasteiger partial charge in [0.2, 0.25) is 0 Å². The average Bonchev–Trinajstić information content (AvgIpc) is 2.62. The van der Waals surface area contributed by atoms with E-state index in [0.717, 1.165) is 5.92 Å². The molecule has 0 radical (unpaired) electrons. The van der Waals surface area contributed by atoms with E-state index in [-0.39, 0.29) is 0 Å². The lowest BCUT2D eigenvalue weighted by atomic mass is 10.2. The molecule has 0 saturated carbocycles. The average molecular weight is 185 g/mol. The molecule has 0 fully saturated rings. The third-order valence-corrected chi connectivity index (χ3v) is 1.15. The lowest BCUT2D eigenvalue weighted by molar-refractivity contribution is 0.626. The summed E-state index contributed by atoms with van der Waals surface area (Å²) in [5.74, 6) is 0.884. The van der Waals surface area contributed by atoms with Gasteiger partial charge in [-0.2, -0.15) is 15.4 Å². The fraction of sp³-hybridized carbons (Fsp3) is 0.800. The Hall–Kier alpha value is -0.860. The van der Waals surface area contributed by atoms with Crippen molar-refractivity contribution in [3.8, 4) is 0 Å². The third-order valence-electron chi connectivity index (χ3n) is 1.15. The molecule has 1 aromatic heterocycles. The lowest BCUT2D eigenvalue weighted by Crippen LogP contribution is -1.77. The molecule has 0 atom stereocenters. The van der Waals surface area contributed by atoms with Crippen LogP contribution in [-0.4, -0.2) is 15.4 Å². The smallest absolute Gasteiger partial charge is 0.0690 e. The van der Waals surface area contributed by atoms with E-state index in [1.807, 2.05) is 0 Å². The molecule has 1 heterocycles. The molecule has 0 aromatic carbocycles. The molecular formula is C10H23N3. The molecule has 0 amide bonds. The maximum atomic E-state index is 3.49. The van der Waals surface area contributed by atoms with Crippen LogP contribution in [0.25, 0.3) is 0 Å². The molecule has 1 aromatic rings. The molecule has 0 aliphatic rings. The summed E-state index contributed by atoms with van der Waals surface area (Å²) in [5.41, 5.74) is 0.